The maximum absolute atomic E-state index is 12.5. The second kappa shape index (κ2) is 5.46. The Balaban J connectivity index is 2.98. The van der Waals surface area contributed by atoms with Crippen LogP contribution in [0.25, 0.3) is 0 Å². The minimum absolute atomic E-state index is 0.314. The monoisotopic (exact) mass is 259 g/mol. The van der Waals surface area contributed by atoms with Crippen molar-refractivity contribution < 1.29 is 13.2 Å². The summed E-state index contributed by atoms with van der Waals surface area (Å²) in [6, 6.07) is 5.29. The first-order valence-electron chi connectivity index (χ1n) is 5.08. The van der Waals surface area contributed by atoms with E-state index in [0.29, 0.717) is 10.8 Å². The van der Waals surface area contributed by atoms with E-state index in [2.05, 4.69) is 0 Å². The molecule has 0 amide bonds. The van der Waals surface area contributed by atoms with E-state index in [1.807, 2.05) is 13.8 Å². The van der Waals surface area contributed by atoms with Crippen LogP contribution < -0.4 is 0 Å². The minimum atomic E-state index is -4.47. The molecule has 0 atom stereocenters. The molecule has 0 saturated carbocycles. The lowest BCUT2D eigenvalue weighted by molar-refractivity contribution is -0.137. The van der Waals surface area contributed by atoms with Gasteiger partial charge in [0.25, 0.3) is 0 Å². The summed E-state index contributed by atoms with van der Waals surface area (Å²) >= 11 is 1.46. The Labute approximate surface area is 103 Å². The molecule has 0 fully saturated rings. The molecule has 0 aliphatic heterocycles. The zero-order chi connectivity index (χ0) is 13.1. The maximum Gasteiger partial charge on any atom is 0.417 e. The number of benzene rings is 1. The predicted molar refractivity (Wildman–Crippen MR) is 61.7 cm³/mol. The van der Waals surface area contributed by atoms with E-state index in [1.54, 1.807) is 6.07 Å². The van der Waals surface area contributed by atoms with E-state index < -0.39 is 11.7 Å². The average molecular weight is 259 g/mol. The van der Waals surface area contributed by atoms with E-state index in [1.165, 1.54) is 23.9 Å². The number of nitriles is 1. The molecule has 1 nitrogen and oxygen atoms in total. The fourth-order valence-corrected chi connectivity index (χ4v) is 2.11. The summed E-state index contributed by atoms with van der Waals surface area (Å²) < 4.78 is 37.6. The molecule has 1 rings (SSSR count). The number of halogens is 3. The van der Waals surface area contributed by atoms with Gasteiger partial charge in [-0.3, -0.25) is 0 Å². The molecular formula is C12H12F3NS. The molecule has 5 heteroatoms. The normalized spacial score (nSPS) is 11.6. The molecule has 0 saturated heterocycles. The summed E-state index contributed by atoms with van der Waals surface area (Å²) in [6.07, 6.45) is -4.47. The maximum atomic E-state index is 12.5. The number of alkyl halides is 3. The molecule has 0 bridgehead atoms. The van der Waals surface area contributed by atoms with Gasteiger partial charge < -0.3 is 0 Å². The molecular weight excluding hydrogens is 247 g/mol. The van der Waals surface area contributed by atoms with E-state index in [9.17, 15) is 13.2 Å². The molecule has 17 heavy (non-hydrogen) atoms. The fourth-order valence-electron chi connectivity index (χ4n) is 1.22. The third-order valence-electron chi connectivity index (χ3n) is 2.00. The first kappa shape index (κ1) is 13.9. The Morgan fingerprint density at radius 1 is 1.35 bits per heavy atom. The van der Waals surface area contributed by atoms with Crippen LogP contribution in [0.3, 0.4) is 0 Å². The van der Waals surface area contributed by atoms with Crippen LogP contribution >= 0.6 is 11.8 Å². The van der Waals surface area contributed by atoms with Crippen molar-refractivity contribution in [2.45, 2.75) is 24.9 Å². The van der Waals surface area contributed by atoms with Crippen LogP contribution in [0.4, 0.5) is 13.2 Å². The average Bonchev–Trinajstić information content (AvgIpc) is 2.24. The quantitative estimate of drug-likeness (QED) is 0.754. The highest BCUT2D eigenvalue weighted by atomic mass is 32.2. The molecule has 0 aliphatic carbocycles. The molecule has 92 valence electrons. The van der Waals surface area contributed by atoms with Crippen LogP contribution in [0.5, 0.6) is 0 Å². The lowest BCUT2D eigenvalue weighted by Gasteiger charge is -2.10. The molecule has 1 aromatic carbocycles. The molecule has 0 unspecified atom stereocenters. The third kappa shape index (κ3) is 3.97. The highest BCUT2D eigenvalue weighted by molar-refractivity contribution is 7.99. The highest BCUT2D eigenvalue weighted by Gasteiger charge is 2.33. The van der Waals surface area contributed by atoms with Gasteiger partial charge in [0.1, 0.15) is 0 Å². The molecule has 0 aromatic heterocycles. The van der Waals surface area contributed by atoms with Crippen molar-refractivity contribution in [3.05, 3.63) is 29.3 Å². The number of nitrogens with zero attached hydrogens (tertiary/aromatic N) is 1. The minimum Gasteiger partial charge on any atom is -0.192 e. The largest absolute Gasteiger partial charge is 0.417 e. The van der Waals surface area contributed by atoms with E-state index in [4.69, 9.17) is 5.26 Å². The summed E-state index contributed by atoms with van der Waals surface area (Å²) in [4.78, 5) is 0.697. The van der Waals surface area contributed by atoms with Gasteiger partial charge in [-0.1, -0.05) is 13.8 Å². The number of rotatable bonds is 3. The van der Waals surface area contributed by atoms with Crippen LogP contribution in [0.2, 0.25) is 0 Å². The van der Waals surface area contributed by atoms with Gasteiger partial charge in [-0.2, -0.15) is 18.4 Å². The Hall–Kier alpha value is -1.15. The fraction of sp³-hybridized carbons (Fsp3) is 0.417. The van der Waals surface area contributed by atoms with Crippen molar-refractivity contribution in [2.24, 2.45) is 5.92 Å². The zero-order valence-electron chi connectivity index (χ0n) is 9.51. The number of thioether (sulfide) groups is 1. The first-order valence-corrected chi connectivity index (χ1v) is 6.07. The van der Waals surface area contributed by atoms with Gasteiger partial charge in [0, 0.05) is 10.6 Å². The smallest absolute Gasteiger partial charge is 0.192 e. The van der Waals surface area contributed by atoms with Gasteiger partial charge >= 0.3 is 6.18 Å². The van der Waals surface area contributed by atoms with Crippen molar-refractivity contribution in [1.29, 1.82) is 5.26 Å². The highest BCUT2D eigenvalue weighted by Crippen LogP contribution is 2.34. The van der Waals surface area contributed by atoms with Crippen LogP contribution in [0.15, 0.2) is 23.1 Å². The summed E-state index contributed by atoms with van der Waals surface area (Å²) in [7, 11) is 0. The van der Waals surface area contributed by atoms with Crippen molar-refractivity contribution in [3.8, 4) is 6.07 Å². The Bertz CT molecular complexity index is 432. The van der Waals surface area contributed by atoms with Crippen molar-refractivity contribution in [1.82, 2.24) is 0 Å². The third-order valence-corrected chi connectivity index (χ3v) is 3.42. The SMILES string of the molecule is CC(C)CSc1ccc(C(F)(F)F)c(C#N)c1. The van der Waals surface area contributed by atoms with Crippen molar-refractivity contribution in [3.63, 3.8) is 0 Å². The molecule has 1 aromatic rings. The van der Waals surface area contributed by atoms with Gasteiger partial charge in [-0.15, -0.1) is 11.8 Å². The first-order chi connectivity index (χ1) is 7.84. The Morgan fingerprint density at radius 3 is 2.47 bits per heavy atom. The lowest BCUT2D eigenvalue weighted by atomic mass is 10.1. The van der Waals surface area contributed by atoms with Gasteiger partial charge in [0.15, 0.2) is 0 Å². The van der Waals surface area contributed by atoms with Crippen LogP contribution in [0, 0.1) is 17.2 Å². The molecule has 0 N–H and O–H groups in total. The second-order valence-electron chi connectivity index (χ2n) is 4.02. The Kier molecular flexibility index (Phi) is 4.47. The van der Waals surface area contributed by atoms with Gasteiger partial charge in [0.05, 0.1) is 17.2 Å². The molecule has 0 spiro atoms. The summed E-state index contributed by atoms with van der Waals surface area (Å²) in [6.45, 7) is 4.06. The van der Waals surface area contributed by atoms with Gasteiger partial charge in [-0.25, -0.2) is 0 Å². The topological polar surface area (TPSA) is 23.8 Å². The van der Waals surface area contributed by atoms with E-state index in [-0.39, 0.29) is 5.56 Å². The number of hydrogen-bond acceptors (Lipinski definition) is 2. The van der Waals surface area contributed by atoms with Crippen LogP contribution in [-0.4, -0.2) is 5.75 Å². The summed E-state index contributed by atoms with van der Waals surface area (Å²) in [5.74, 6) is 1.27. The van der Waals surface area contributed by atoms with E-state index in [0.717, 1.165) is 11.8 Å². The number of hydrogen-bond donors (Lipinski definition) is 0. The van der Waals surface area contributed by atoms with Crippen molar-refractivity contribution >= 4 is 11.8 Å². The lowest BCUT2D eigenvalue weighted by Crippen LogP contribution is -2.07. The summed E-state index contributed by atoms with van der Waals surface area (Å²) in [5, 5.41) is 8.72. The molecule has 0 heterocycles. The standard InChI is InChI=1S/C12H12F3NS/c1-8(2)7-17-10-3-4-11(12(13,14)15)9(5-10)6-16/h3-5,8H,7H2,1-2H3. The van der Waals surface area contributed by atoms with Crippen LogP contribution in [-0.2, 0) is 6.18 Å². The summed E-state index contributed by atoms with van der Waals surface area (Å²) in [5.41, 5.74) is -1.18. The second-order valence-corrected chi connectivity index (χ2v) is 5.12. The van der Waals surface area contributed by atoms with E-state index >= 15 is 0 Å². The van der Waals surface area contributed by atoms with Crippen LogP contribution in [0.1, 0.15) is 25.0 Å². The molecule has 0 aliphatic rings. The van der Waals surface area contributed by atoms with Crippen molar-refractivity contribution in [2.75, 3.05) is 5.75 Å². The molecule has 0 radical (unpaired) electrons. The van der Waals surface area contributed by atoms with Gasteiger partial charge in [0.2, 0.25) is 0 Å². The Morgan fingerprint density at radius 2 is 2.00 bits per heavy atom. The van der Waals surface area contributed by atoms with Gasteiger partial charge in [-0.05, 0) is 24.1 Å². The predicted octanol–water partition coefficient (Wildman–Crippen LogP) is 4.33. The zero-order valence-corrected chi connectivity index (χ0v) is 10.3.